The monoisotopic (exact) mass is 385 g/mol. The lowest BCUT2D eigenvalue weighted by Crippen LogP contribution is -2.20. The largest absolute Gasteiger partial charge is 0.494 e. The normalized spacial score (nSPS) is 10.8. The van der Waals surface area contributed by atoms with Gasteiger partial charge in [-0.2, -0.15) is 9.37 Å². The second kappa shape index (κ2) is 8.21. The summed E-state index contributed by atoms with van der Waals surface area (Å²) in [5.74, 6) is -0.412. The van der Waals surface area contributed by atoms with E-state index in [-0.39, 0.29) is 18.3 Å². The van der Waals surface area contributed by atoms with Crippen molar-refractivity contribution in [2.75, 3.05) is 11.9 Å². The Hall–Kier alpha value is -3.22. The standard InChI is InChI=1S/C21H21F2N3O2/c1-4-28-16-7-5-13(2)19(10-16)24-21-25-20(27)18(23)12-26(21)11-15-6-8-17(22)14(3)9-15/h5-10,12H,4,11H2,1-3H3,(H,24,25,27). The van der Waals surface area contributed by atoms with Crippen LogP contribution in [-0.4, -0.2) is 16.2 Å². The van der Waals surface area contributed by atoms with E-state index < -0.39 is 11.4 Å². The second-order valence-corrected chi connectivity index (χ2v) is 6.46. The maximum absolute atomic E-state index is 13.9. The molecule has 0 saturated heterocycles. The van der Waals surface area contributed by atoms with Crippen LogP contribution in [0.3, 0.4) is 0 Å². The maximum atomic E-state index is 13.9. The Bertz CT molecular complexity index is 1060. The van der Waals surface area contributed by atoms with Crippen molar-refractivity contribution in [3.8, 4) is 5.75 Å². The van der Waals surface area contributed by atoms with Gasteiger partial charge in [0, 0.05) is 18.0 Å². The minimum Gasteiger partial charge on any atom is -0.494 e. The highest BCUT2D eigenvalue weighted by Crippen LogP contribution is 2.25. The Labute approximate surface area is 161 Å². The van der Waals surface area contributed by atoms with Crippen LogP contribution in [0.4, 0.5) is 20.4 Å². The van der Waals surface area contributed by atoms with Crippen molar-refractivity contribution in [2.24, 2.45) is 0 Å². The molecule has 146 valence electrons. The van der Waals surface area contributed by atoms with Crippen LogP contribution in [0.2, 0.25) is 0 Å². The molecule has 0 aliphatic carbocycles. The van der Waals surface area contributed by atoms with Crippen molar-refractivity contribution in [1.82, 2.24) is 9.55 Å². The molecule has 2 aromatic carbocycles. The van der Waals surface area contributed by atoms with Gasteiger partial charge in [-0.15, -0.1) is 0 Å². The third-order valence-electron chi connectivity index (χ3n) is 4.29. The van der Waals surface area contributed by atoms with E-state index in [9.17, 15) is 13.6 Å². The number of hydrogen-bond acceptors (Lipinski definition) is 4. The molecule has 5 nitrogen and oxygen atoms in total. The fourth-order valence-electron chi connectivity index (χ4n) is 2.80. The van der Waals surface area contributed by atoms with Gasteiger partial charge < -0.3 is 14.6 Å². The average Bonchev–Trinajstić information content (AvgIpc) is 2.65. The summed E-state index contributed by atoms with van der Waals surface area (Å²) in [5.41, 5.74) is 1.89. The van der Waals surface area contributed by atoms with Crippen molar-refractivity contribution in [3.05, 3.63) is 81.3 Å². The van der Waals surface area contributed by atoms with Crippen molar-refractivity contribution >= 4 is 11.6 Å². The smallest absolute Gasteiger partial charge is 0.310 e. The van der Waals surface area contributed by atoms with Crippen LogP contribution >= 0.6 is 0 Å². The first-order valence-electron chi connectivity index (χ1n) is 8.90. The lowest BCUT2D eigenvalue weighted by Gasteiger charge is -2.16. The van der Waals surface area contributed by atoms with Crippen molar-refractivity contribution < 1.29 is 13.5 Å². The lowest BCUT2D eigenvalue weighted by molar-refractivity contribution is 0.340. The van der Waals surface area contributed by atoms with Gasteiger partial charge >= 0.3 is 5.56 Å². The molecule has 0 aliphatic heterocycles. The number of rotatable bonds is 6. The quantitative estimate of drug-likeness (QED) is 0.686. The molecular weight excluding hydrogens is 364 g/mol. The molecule has 0 amide bonds. The highest BCUT2D eigenvalue weighted by Gasteiger charge is 2.12. The molecule has 3 rings (SSSR count). The first kappa shape index (κ1) is 19.5. The van der Waals surface area contributed by atoms with Crippen LogP contribution in [0.25, 0.3) is 0 Å². The van der Waals surface area contributed by atoms with Crippen molar-refractivity contribution in [2.45, 2.75) is 27.3 Å². The summed E-state index contributed by atoms with van der Waals surface area (Å²) in [6, 6.07) is 10.2. The molecule has 0 radical (unpaired) electrons. The van der Waals surface area contributed by atoms with Crippen LogP contribution in [0.5, 0.6) is 5.75 Å². The van der Waals surface area contributed by atoms with Gasteiger partial charge in [0.15, 0.2) is 0 Å². The van der Waals surface area contributed by atoms with Crippen molar-refractivity contribution in [3.63, 3.8) is 0 Å². The van der Waals surface area contributed by atoms with E-state index in [1.807, 2.05) is 26.0 Å². The first-order chi connectivity index (χ1) is 13.4. The summed E-state index contributed by atoms with van der Waals surface area (Å²) in [6.07, 6.45) is 1.10. The van der Waals surface area contributed by atoms with Gasteiger partial charge in [0.05, 0.1) is 13.2 Å². The highest BCUT2D eigenvalue weighted by molar-refractivity contribution is 5.61. The third kappa shape index (κ3) is 4.36. The van der Waals surface area contributed by atoms with Gasteiger partial charge in [-0.25, -0.2) is 4.39 Å². The Kier molecular flexibility index (Phi) is 5.73. The number of halogens is 2. The van der Waals surface area contributed by atoms with Crippen molar-refractivity contribution in [1.29, 1.82) is 0 Å². The predicted molar refractivity (Wildman–Crippen MR) is 104 cm³/mol. The Morgan fingerprint density at radius 1 is 1.07 bits per heavy atom. The van der Waals surface area contributed by atoms with E-state index in [0.717, 1.165) is 17.3 Å². The van der Waals surface area contributed by atoms with Gasteiger partial charge in [-0.05, 0) is 49.6 Å². The fraction of sp³-hybridized carbons (Fsp3) is 0.238. The van der Waals surface area contributed by atoms with Crippen LogP contribution in [0, 0.1) is 25.5 Å². The Balaban J connectivity index is 1.99. The fourth-order valence-corrected chi connectivity index (χ4v) is 2.80. The molecule has 0 unspecified atom stereocenters. The summed E-state index contributed by atoms with van der Waals surface area (Å²) in [5, 5.41) is 3.09. The molecule has 1 heterocycles. The van der Waals surface area contributed by atoms with E-state index in [0.29, 0.717) is 23.6 Å². The number of nitrogens with zero attached hydrogens (tertiary/aromatic N) is 2. The molecule has 1 aromatic heterocycles. The maximum Gasteiger partial charge on any atom is 0.310 e. The number of anilines is 2. The van der Waals surface area contributed by atoms with Crippen LogP contribution < -0.4 is 15.6 Å². The van der Waals surface area contributed by atoms with E-state index in [4.69, 9.17) is 4.74 Å². The van der Waals surface area contributed by atoms with Gasteiger partial charge in [0.1, 0.15) is 11.6 Å². The van der Waals surface area contributed by atoms with Crippen LogP contribution in [0.15, 0.2) is 47.4 Å². The molecule has 0 aliphatic rings. The molecular formula is C21H21F2N3O2. The molecule has 0 fully saturated rings. The van der Waals surface area contributed by atoms with E-state index >= 15 is 0 Å². The molecule has 28 heavy (non-hydrogen) atoms. The Morgan fingerprint density at radius 3 is 2.57 bits per heavy atom. The Morgan fingerprint density at radius 2 is 1.86 bits per heavy atom. The minimum atomic E-state index is -0.954. The molecule has 7 heteroatoms. The molecule has 0 bridgehead atoms. The molecule has 1 N–H and O–H groups in total. The zero-order valence-electron chi connectivity index (χ0n) is 15.9. The van der Waals surface area contributed by atoms with Gasteiger partial charge in [-0.3, -0.25) is 4.79 Å². The third-order valence-corrected chi connectivity index (χ3v) is 4.29. The van der Waals surface area contributed by atoms with E-state index in [2.05, 4.69) is 10.3 Å². The van der Waals surface area contributed by atoms with Crippen LogP contribution in [0.1, 0.15) is 23.6 Å². The number of ether oxygens (including phenoxy) is 1. The van der Waals surface area contributed by atoms with E-state index in [1.54, 1.807) is 25.1 Å². The summed E-state index contributed by atoms with van der Waals surface area (Å²) in [6.45, 7) is 6.18. The topological polar surface area (TPSA) is 56.1 Å². The molecule has 3 aromatic rings. The summed E-state index contributed by atoms with van der Waals surface area (Å²) in [4.78, 5) is 15.6. The number of nitrogens with one attached hydrogen (secondary N) is 1. The number of hydrogen-bond donors (Lipinski definition) is 1. The number of aryl methyl sites for hydroxylation is 2. The van der Waals surface area contributed by atoms with Gasteiger partial charge in [0.2, 0.25) is 11.8 Å². The van der Waals surface area contributed by atoms with Gasteiger partial charge in [0.25, 0.3) is 0 Å². The van der Waals surface area contributed by atoms with E-state index in [1.165, 1.54) is 10.6 Å². The summed E-state index contributed by atoms with van der Waals surface area (Å²) < 4.78 is 34.4. The summed E-state index contributed by atoms with van der Waals surface area (Å²) >= 11 is 0. The second-order valence-electron chi connectivity index (χ2n) is 6.46. The van der Waals surface area contributed by atoms with Crippen LogP contribution in [-0.2, 0) is 6.54 Å². The number of benzene rings is 2. The molecule has 0 saturated carbocycles. The number of aromatic nitrogens is 2. The molecule has 0 atom stereocenters. The van der Waals surface area contributed by atoms with Gasteiger partial charge in [-0.1, -0.05) is 18.2 Å². The lowest BCUT2D eigenvalue weighted by atomic mass is 10.1. The highest BCUT2D eigenvalue weighted by atomic mass is 19.1. The zero-order chi connectivity index (χ0) is 20.3. The average molecular weight is 385 g/mol. The SMILES string of the molecule is CCOc1ccc(C)c(Nc2nc(=O)c(F)cn2Cc2ccc(F)c(C)c2)c1. The molecule has 0 spiro atoms. The predicted octanol–water partition coefficient (Wildman–Crippen LogP) is 4.33. The zero-order valence-corrected chi connectivity index (χ0v) is 15.9. The first-order valence-corrected chi connectivity index (χ1v) is 8.90. The minimum absolute atomic E-state index is 0.185. The summed E-state index contributed by atoms with van der Waals surface area (Å²) in [7, 11) is 0.